The molecule has 1 heterocycles. The fourth-order valence-corrected chi connectivity index (χ4v) is 7.01. The number of aliphatic imine (C=N–C) groups is 1. The van der Waals surface area contributed by atoms with Crippen LogP contribution < -0.4 is 60.2 Å². The van der Waals surface area contributed by atoms with Crippen molar-refractivity contribution in [3.8, 4) is 0 Å². The summed E-state index contributed by atoms with van der Waals surface area (Å²) >= 11 is 0. The molecule has 23 nitrogen and oxygen atoms in total. The van der Waals surface area contributed by atoms with E-state index in [9.17, 15) is 48.3 Å². The van der Waals surface area contributed by atoms with Crippen LogP contribution in [0.3, 0.4) is 0 Å². The van der Waals surface area contributed by atoms with Crippen LogP contribution in [0.2, 0.25) is 0 Å². The molecule has 0 bridgehead atoms. The van der Waals surface area contributed by atoms with Crippen molar-refractivity contribution in [3.63, 3.8) is 0 Å². The number of rotatable bonds is 31. The van der Waals surface area contributed by atoms with Crippen LogP contribution in [0.1, 0.15) is 90.7 Å². The maximum Gasteiger partial charge on any atom is 0.326 e. The molecule has 2 aromatic rings. The molecule has 8 atom stereocenters. The Kier molecular flexibility index (Phi) is 25.4. The summed E-state index contributed by atoms with van der Waals surface area (Å²) in [5.41, 5.74) is 23.3. The molecule has 0 spiro atoms. The third-order valence-electron chi connectivity index (χ3n) is 11.0. The number of guanidine groups is 1. The zero-order chi connectivity index (χ0) is 51.6. The monoisotopic (exact) mass is 966 g/mol. The standard InChI is InChI=1S/C46H71N13O10/c1-6-27(4)38(45(68)69)59-43(66)35(25-36(48)61)58-39(62)31(15-10-11-19-47)54-41(64)34(24-30-17-21-51-22-18-30)57-42(65)33(23-29-13-8-7-9-14-29)56-40(63)32(16-12-20-52-46(49)50)55-44(67)37(26(2)3)53-28(5)60/h7-9,13-14,17-18,21-22,26-27,31-35,37-38H,6,10-12,15-16,19-20,23-25,47H2,1-5H3,(H2,48,61)(H,53,60)(H,54,64)(H,55,67)(H,56,63)(H,57,65)(H,58,62)(H,59,66)(H,68,69)(H4,49,50,52)/t27-,31-,32-,33-,34-,35-,37-,38-/m0/s1. The molecule has 16 N–H and O–H groups in total. The fraction of sp³-hybridized carbons (Fsp3) is 0.543. The number of amides is 8. The smallest absolute Gasteiger partial charge is 0.326 e. The Morgan fingerprint density at radius 3 is 1.57 bits per heavy atom. The van der Waals surface area contributed by atoms with Crippen LogP contribution in [0.25, 0.3) is 0 Å². The minimum absolute atomic E-state index is 0.0111. The van der Waals surface area contributed by atoms with Gasteiger partial charge in [0, 0.05) is 38.7 Å². The van der Waals surface area contributed by atoms with Crippen molar-refractivity contribution in [1.82, 2.24) is 42.2 Å². The second-order valence-corrected chi connectivity index (χ2v) is 17.1. The highest BCUT2D eigenvalue weighted by atomic mass is 16.4. The molecule has 0 aliphatic heterocycles. The summed E-state index contributed by atoms with van der Waals surface area (Å²) in [6.07, 6.45) is 3.40. The Bertz CT molecular complexity index is 2050. The zero-order valence-corrected chi connectivity index (χ0v) is 40.0. The Morgan fingerprint density at radius 2 is 1.09 bits per heavy atom. The number of primary amides is 1. The molecule has 0 unspecified atom stereocenters. The topological polar surface area (TPSA) is 387 Å². The van der Waals surface area contributed by atoms with E-state index >= 15 is 0 Å². The van der Waals surface area contributed by atoms with Crippen LogP contribution in [0.4, 0.5) is 0 Å². The Labute approximate surface area is 402 Å². The minimum Gasteiger partial charge on any atom is -0.480 e. The molecule has 0 fully saturated rings. The van der Waals surface area contributed by atoms with Crippen molar-refractivity contribution in [2.75, 3.05) is 13.1 Å². The number of aliphatic carboxylic acids is 1. The molecule has 8 amide bonds. The highest BCUT2D eigenvalue weighted by Gasteiger charge is 2.35. The normalized spacial score (nSPS) is 14.4. The zero-order valence-electron chi connectivity index (χ0n) is 40.0. The van der Waals surface area contributed by atoms with Gasteiger partial charge < -0.3 is 65.3 Å². The first-order valence-electron chi connectivity index (χ1n) is 23.0. The van der Waals surface area contributed by atoms with Gasteiger partial charge in [0.2, 0.25) is 47.3 Å². The van der Waals surface area contributed by atoms with Crippen LogP contribution >= 0.6 is 0 Å². The molecule has 1 aromatic heterocycles. The number of nitrogens with one attached hydrogen (secondary N) is 7. The van der Waals surface area contributed by atoms with Gasteiger partial charge in [-0.3, -0.25) is 48.3 Å². The van der Waals surface area contributed by atoms with Crippen molar-refractivity contribution in [1.29, 1.82) is 0 Å². The molecule has 0 saturated heterocycles. The first-order valence-corrected chi connectivity index (χ1v) is 23.0. The second kappa shape index (κ2) is 30.3. The molecule has 23 heteroatoms. The Balaban J connectivity index is 2.56. The molecule has 1 aromatic carbocycles. The molecule has 0 aliphatic carbocycles. The summed E-state index contributed by atoms with van der Waals surface area (Å²) in [7, 11) is 0. The largest absolute Gasteiger partial charge is 0.480 e. The van der Waals surface area contributed by atoms with Gasteiger partial charge in [0.25, 0.3) is 0 Å². The van der Waals surface area contributed by atoms with Gasteiger partial charge in [0.15, 0.2) is 5.96 Å². The molecular formula is C46H71N13O10. The van der Waals surface area contributed by atoms with Crippen molar-refractivity contribution in [2.45, 2.75) is 135 Å². The van der Waals surface area contributed by atoms with Gasteiger partial charge in [-0.15, -0.1) is 0 Å². The van der Waals surface area contributed by atoms with E-state index < -0.39 is 108 Å². The van der Waals surface area contributed by atoms with Gasteiger partial charge in [0.1, 0.15) is 42.3 Å². The van der Waals surface area contributed by atoms with Crippen molar-refractivity contribution >= 4 is 59.2 Å². The van der Waals surface area contributed by atoms with E-state index in [0.717, 1.165) is 0 Å². The van der Waals surface area contributed by atoms with Crippen LogP contribution in [-0.4, -0.2) is 125 Å². The number of carboxylic acids is 1. The van der Waals surface area contributed by atoms with Crippen molar-refractivity contribution < 1.29 is 48.3 Å². The number of nitrogens with two attached hydrogens (primary N) is 4. The quantitative estimate of drug-likeness (QED) is 0.0224. The van der Waals surface area contributed by atoms with E-state index in [1.807, 2.05) is 0 Å². The van der Waals surface area contributed by atoms with E-state index in [2.05, 4.69) is 47.2 Å². The summed E-state index contributed by atoms with van der Waals surface area (Å²) in [5.74, 6) is -8.82. The Morgan fingerprint density at radius 1 is 0.609 bits per heavy atom. The van der Waals surface area contributed by atoms with Crippen LogP contribution in [-0.2, 0) is 56.0 Å². The first-order chi connectivity index (χ1) is 32.7. The van der Waals surface area contributed by atoms with Gasteiger partial charge in [-0.05, 0) is 73.7 Å². The number of unbranched alkanes of at least 4 members (excludes halogenated alkanes) is 1. The maximum absolute atomic E-state index is 14.5. The molecule has 69 heavy (non-hydrogen) atoms. The minimum atomic E-state index is -1.62. The molecule has 0 aliphatic rings. The predicted octanol–water partition coefficient (Wildman–Crippen LogP) is -1.88. The van der Waals surface area contributed by atoms with Crippen LogP contribution in [0.5, 0.6) is 0 Å². The van der Waals surface area contributed by atoms with E-state index in [1.54, 1.807) is 70.2 Å². The second-order valence-electron chi connectivity index (χ2n) is 17.1. The lowest BCUT2D eigenvalue weighted by Crippen LogP contribution is -2.61. The number of carbonyl (C=O) groups excluding carboxylic acids is 8. The van der Waals surface area contributed by atoms with Crippen LogP contribution in [0.15, 0.2) is 59.9 Å². The highest BCUT2D eigenvalue weighted by molar-refractivity contribution is 5.98. The van der Waals surface area contributed by atoms with Gasteiger partial charge in [-0.25, -0.2) is 4.79 Å². The van der Waals surface area contributed by atoms with Gasteiger partial charge in [-0.1, -0.05) is 64.4 Å². The SMILES string of the molecule is CC[C@H](C)[C@H](NC(=O)[C@H](CC(N)=O)NC(=O)[C@H](CCCCN)NC(=O)[C@H](Cc1ccncc1)NC(=O)[C@H](Cc1ccccc1)NC(=O)[C@H](CCCN=C(N)N)NC(=O)[C@@H](NC(C)=O)C(C)C)C(=O)O. The summed E-state index contributed by atoms with van der Waals surface area (Å²) in [6.45, 7) is 8.37. The third-order valence-corrected chi connectivity index (χ3v) is 11.0. The number of aromatic nitrogens is 1. The summed E-state index contributed by atoms with van der Waals surface area (Å²) in [5, 5.41) is 28.0. The van der Waals surface area contributed by atoms with E-state index in [4.69, 9.17) is 22.9 Å². The molecule has 380 valence electrons. The first kappa shape index (κ1) is 58.0. The number of nitrogens with zero attached hydrogens (tertiary/aromatic N) is 2. The van der Waals surface area contributed by atoms with Crippen molar-refractivity contribution in [3.05, 3.63) is 66.0 Å². The summed E-state index contributed by atoms with van der Waals surface area (Å²) < 4.78 is 0. The van der Waals surface area contributed by atoms with Gasteiger partial charge in [-0.2, -0.15) is 0 Å². The number of hydrogen-bond acceptors (Lipinski definition) is 12. The number of hydrogen-bond donors (Lipinski definition) is 12. The van der Waals surface area contributed by atoms with Gasteiger partial charge in [0.05, 0.1) is 6.42 Å². The lowest BCUT2D eigenvalue weighted by Gasteiger charge is -2.28. The Hall–Kier alpha value is -7.17. The molecule has 2 rings (SSSR count). The molecule has 0 radical (unpaired) electrons. The summed E-state index contributed by atoms with van der Waals surface area (Å²) in [4.78, 5) is 128. The average Bonchev–Trinajstić information content (AvgIpc) is 3.29. The van der Waals surface area contributed by atoms with E-state index in [0.29, 0.717) is 30.4 Å². The predicted molar refractivity (Wildman–Crippen MR) is 256 cm³/mol. The number of benzene rings is 1. The number of carbonyl (C=O) groups is 9. The molecule has 0 saturated carbocycles. The van der Waals surface area contributed by atoms with Gasteiger partial charge >= 0.3 is 5.97 Å². The average molecular weight is 966 g/mol. The van der Waals surface area contributed by atoms with Crippen molar-refractivity contribution in [2.24, 2.45) is 39.8 Å². The highest BCUT2D eigenvalue weighted by Crippen LogP contribution is 2.12. The number of pyridine rings is 1. The number of carboxylic acid groups (broad SMARTS) is 1. The van der Waals surface area contributed by atoms with Crippen LogP contribution in [0, 0.1) is 11.8 Å². The van der Waals surface area contributed by atoms with E-state index in [-0.39, 0.29) is 57.1 Å². The fourth-order valence-electron chi connectivity index (χ4n) is 7.01. The van der Waals surface area contributed by atoms with E-state index in [1.165, 1.54) is 19.3 Å². The lowest BCUT2D eigenvalue weighted by molar-refractivity contribution is -0.144. The summed E-state index contributed by atoms with van der Waals surface area (Å²) in [6, 6.07) is 2.54. The maximum atomic E-state index is 14.5. The third kappa shape index (κ3) is 21.6. The molecular weight excluding hydrogens is 895 g/mol. The lowest BCUT2D eigenvalue weighted by atomic mass is 9.98.